The summed E-state index contributed by atoms with van der Waals surface area (Å²) < 4.78 is 0. The normalized spacial score (nSPS) is 10.2. The second kappa shape index (κ2) is 5.20. The maximum atomic E-state index is 8.93. The highest BCUT2D eigenvalue weighted by Crippen LogP contribution is 2.27. The summed E-state index contributed by atoms with van der Waals surface area (Å²) in [7, 11) is 0. The predicted molar refractivity (Wildman–Crippen MR) is 81.2 cm³/mol. The van der Waals surface area contributed by atoms with Crippen molar-refractivity contribution >= 4 is 33.9 Å². The van der Waals surface area contributed by atoms with Gasteiger partial charge in [0.2, 0.25) is 0 Å². The summed E-state index contributed by atoms with van der Waals surface area (Å²) >= 11 is 5.97. The van der Waals surface area contributed by atoms with Gasteiger partial charge in [0.05, 0.1) is 17.1 Å². The zero-order valence-electron chi connectivity index (χ0n) is 10.5. The Balaban J connectivity index is 2.04. The molecule has 1 N–H and O–H groups in total. The van der Waals surface area contributed by atoms with Crippen LogP contribution in [-0.4, -0.2) is 4.98 Å². The minimum absolute atomic E-state index is 0.622. The molecule has 0 saturated heterocycles. The first-order valence-electron chi connectivity index (χ1n) is 6.08. The van der Waals surface area contributed by atoms with Gasteiger partial charge in [0.1, 0.15) is 0 Å². The first-order chi connectivity index (χ1) is 9.76. The van der Waals surface area contributed by atoms with Crippen LogP contribution in [0.5, 0.6) is 0 Å². The van der Waals surface area contributed by atoms with Gasteiger partial charge in [0.25, 0.3) is 0 Å². The minimum atomic E-state index is 0.622. The van der Waals surface area contributed by atoms with E-state index in [1.807, 2.05) is 42.5 Å². The van der Waals surface area contributed by atoms with E-state index in [0.717, 1.165) is 22.3 Å². The monoisotopic (exact) mass is 279 g/mol. The number of pyridine rings is 1. The van der Waals surface area contributed by atoms with Gasteiger partial charge in [-0.3, -0.25) is 4.98 Å². The molecule has 0 aliphatic rings. The van der Waals surface area contributed by atoms with Crippen molar-refractivity contribution in [2.24, 2.45) is 0 Å². The van der Waals surface area contributed by atoms with Crippen molar-refractivity contribution in [3.05, 3.63) is 65.3 Å². The summed E-state index contributed by atoms with van der Waals surface area (Å²) in [5.74, 6) is 0. The van der Waals surface area contributed by atoms with Crippen molar-refractivity contribution in [1.82, 2.24) is 4.98 Å². The van der Waals surface area contributed by atoms with Crippen LogP contribution in [0.4, 0.5) is 11.4 Å². The van der Waals surface area contributed by atoms with E-state index in [1.54, 1.807) is 12.3 Å². The number of fused-ring (bicyclic) bond motifs is 1. The molecule has 1 heterocycles. The molecule has 0 aliphatic heterocycles. The predicted octanol–water partition coefficient (Wildman–Crippen LogP) is 4.50. The van der Waals surface area contributed by atoms with Gasteiger partial charge in [-0.25, -0.2) is 0 Å². The van der Waals surface area contributed by atoms with Gasteiger partial charge >= 0.3 is 0 Å². The van der Waals surface area contributed by atoms with Crippen LogP contribution >= 0.6 is 11.6 Å². The van der Waals surface area contributed by atoms with E-state index in [-0.39, 0.29) is 0 Å². The van der Waals surface area contributed by atoms with Crippen molar-refractivity contribution in [3.8, 4) is 6.07 Å². The van der Waals surface area contributed by atoms with Crippen LogP contribution < -0.4 is 5.32 Å². The molecule has 0 saturated carbocycles. The number of nitriles is 1. The average Bonchev–Trinajstić information content (AvgIpc) is 2.47. The molecule has 20 heavy (non-hydrogen) atoms. The Labute approximate surface area is 121 Å². The summed E-state index contributed by atoms with van der Waals surface area (Å²) in [4.78, 5) is 4.30. The molecule has 0 bridgehead atoms. The van der Waals surface area contributed by atoms with Crippen LogP contribution in [-0.2, 0) is 0 Å². The number of anilines is 2. The largest absolute Gasteiger partial charge is 0.355 e. The molecule has 0 unspecified atom stereocenters. The Morgan fingerprint density at radius 3 is 2.85 bits per heavy atom. The molecule has 3 nitrogen and oxygen atoms in total. The number of benzene rings is 2. The maximum absolute atomic E-state index is 8.93. The molecule has 4 heteroatoms. The molecular weight excluding hydrogens is 270 g/mol. The molecule has 1 aromatic heterocycles. The summed E-state index contributed by atoms with van der Waals surface area (Å²) in [6.45, 7) is 0. The number of hydrogen-bond acceptors (Lipinski definition) is 3. The fraction of sp³-hybridized carbons (Fsp3) is 0. The quantitative estimate of drug-likeness (QED) is 0.751. The Morgan fingerprint density at radius 1 is 1.10 bits per heavy atom. The van der Waals surface area contributed by atoms with Crippen molar-refractivity contribution < 1.29 is 0 Å². The summed E-state index contributed by atoms with van der Waals surface area (Å²) in [5, 5.41) is 13.9. The standard InChI is InChI=1S/C16H10ClN3/c17-12-4-5-14-15(6-7-19-16(14)9-12)20-13-3-1-2-11(8-13)10-18/h1-9H,(H,19,20). The third-order valence-corrected chi connectivity index (χ3v) is 3.21. The highest BCUT2D eigenvalue weighted by atomic mass is 35.5. The van der Waals surface area contributed by atoms with Gasteiger partial charge in [-0.1, -0.05) is 17.7 Å². The molecule has 2 aromatic carbocycles. The van der Waals surface area contributed by atoms with Crippen LogP contribution in [0.2, 0.25) is 5.02 Å². The smallest absolute Gasteiger partial charge is 0.0992 e. The number of nitrogens with zero attached hydrogens (tertiary/aromatic N) is 2. The van der Waals surface area contributed by atoms with E-state index in [0.29, 0.717) is 10.6 Å². The van der Waals surface area contributed by atoms with E-state index >= 15 is 0 Å². The maximum Gasteiger partial charge on any atom is 0.0992 e. The van der Waals surface area contributed by atoms with E-state index in [2.05, 4.69) is 16.4 Å². The second-order valence-electron chi connectivity index (χ2n) is 4.34. The lowest BCUT2D eigenvalue weighted by atomic mass is 10.1. The lowest BCUT2D eigenvalue weighted by Gasteiger charge is -2.09. The topological polar surface area (TPSA) is 48.7 Å². The van der Waals surface area contributed by atoms with Crippen LogP contribution in [0.25, 0.3) is 10.9 Å². The highest BCUT2D eigenvalue weighted by molar-refractivity contribution is 6.31. The molecule has 0 aliphatic carbocycles. The fourth-order valence-corrected chi connectivity index (χ4v) is 2.22. The van der Waals surface area contributed by atoms with Crippen molar-refractivity contribution in [2.45, 2.75) is 0 Å². The SMILES string of the molecule is N#Cc1cccc(Nc2ccnc3cc(Cl)ccc23)c1. The number of nitrogens with one attached hydrogen (secondary N) is 1. The van der Waals surface area contributed by atoms with Crippen LogP contribution in [0.3, 0.4) is 0 Å². The van der Waals surface area contributed by atoms with Crippen molar-refractivity contribution in [2.75, 3.05) is 5.32 Å². The fourth-order valence-electron chi connectivity index (χ4n) is 2.05. The Bertz CT molecular complexity index is 821. The van der Waals surface area contributed by atoms with E-state index < -0.39 is 0 Å². The first-order valence-corrected chi connectivity index (χ1v) is 6.45. The summed E-state index contributed by atoms with van der Waals surface area (Å²) in [5.41, 5.74) is 3.25. The van der Waals surface area contributed by atoms with E-state index in [4.69, 9.17) is 16.9 Å². The number of aromatic nitrogens is 1. The third-order valence-electron chi connectivity index (χ3n) is 2.98. The van der Waals surface area contributed by atoms with Crippen molar-refractivity contribution in [1.29, 1.82) is 5.26 Å². The molecule has 0 amide bonds. The van der Waals surface area contributed by atoms with Gasteiger partial charge < -0.3 is 5.32 Å². The molecule has 96 valence electrons. The van der Waals surface area contributed by atoms with Gasteiger partial charge in [0, 0.05) is 28.0 Å². The Kier molecular flexibility index (Phi) is 3.24. The van der Waals surface area contributed by atoms with Crippen LogP contribution in [0.15, 0.2) is 54.7 Å². The van der Waals surface area contributed by atoms with Crippen LogP contribution in [0.1, 0.15) is 5.56 Å². The first kappa shape index (κ1) is 12.5. The summed E-state index contributed by atoms with van der Waals surface area (Å²) in [6, 6.07) is 17.0. The highest BCUT2D eigenvalue weighted by Gasteiger charge is 2.03. The molecule has 3 aromatic rings. The molecule has 0 atom stereocenters. The third kappa shape index (κ3) is 2.42. The molecule has 0 radical (unpaired) electrons. The Hall–Kier alpha value is -2.57. The van der Waals surface area contributed by atoms with Gasteiger partial charge in [0.15, 0.2) is 0 Å². The second-order valence-corrected chi connectivity index (χ2v) is 4.77. The van der Waals surface area contributed by atoms with Crippen LogP contribution in [0, 0.1) is 11.3 Å². The molecule has 3 rings (SSSR count). The zero-order valence-corrected chi connectivity index (χ0v) is 11.2. The van der Waals surface area contributed by atoms with Gasteiger partial charge in [-0.2, -0.15) is 5.26 Å². The van der Waals surface area contributed by atoms with Crippen molar-refractivity contribution in [3.63, 3.8) is 0 Å². The lowest BCUT2D eigenvalue weighted by Crippen LogP contribution is -1.93. The average molecular weight is 280 g/mol. The van der Waals surface area contributed by atoms with Gasteiger partial charge in [-0.05, 0) is 42.5 Å². The Morgan fingerprint density at radius 2 is 2.00 bits per heavy atom. The van der Waals surface area contributed by atoms with E-state index in [9.17, 15) is 0 Å². The van der Waals surface area contributed by atoms with Gasteiger partial charge in [-0.15, -0.1) is 0 Å². The molecule has 0 fully saturated rings. The lowest BCUT2D eigenvalue weighted by molar-refractivity contribution is 1.40. The molecular formula is C16H10ClN3. The number of rotatable bonds is 2. The molecule has 0 spiro atoms. The number of hydrogen-bond donors (Lipinski definition) is 1. The zero-order chi connectivity index (χ0) is 13.9. The van der Waals surface area contributed by atoms with E-state index in [1.165, 1.54) is 0 Å². The minimum Gasteiger partial charge on any atom is -0.355 e. The summed E-state index contributed by atoms with van der Waals surface area (Å²) in [6.07, 6.45) is 1.73. The number of halogens is 1.